The molecule has 1 heterocycles. The van der Waals surface area contributed by atoms with E-state index in [4.69, 9.17) is 4.74 Å². The summed E-state index contributed by atoms with van der Waals surface area (Å²) in [4.78, 5) is 13.6. The fourth-order valence-electron chi connectivity index (χ4n) is 2.12. The second-order valence-corrected chi connectivity index (χ2v) is 4.15. The largest absolute Gasteiger partial charge is 0.377 e. The Morgan fingerprint density at radius 1 is 1.47 bits per heavy atom. The van der Waals surface area contributed by atoms with Gasteiger partial charge in [0.2, 0.25) is 5.91 Å². The molecule has 3 nitrogen and oxygen atoms in total. The van der Waals surface area contributed by atoms with Crippen LogP contribution in [0.3, 0.4) is 0 Å². The SMILES string of the molecule is C=CC(=O)N1CCOCC1Cc1ccccc1. The summed E-state index contributed by atoms with van der Waals surface area (Å²) in [5.74, 6) is -0.00534. The Labute approximate surface area is 102 Å². The normalized spacial score (nSPS) is 20.0. The summed E-state index contributed by atoms with van der Waals surface area (Å²) in [6, 6.07) is 10.3. The first-order valence-corrected chi connectivity index (χ1v) is 5.86. The lowest BCUT2D eigenvalue weighted by Crippen LogP contribution is -2.49. The number of benzene rings is 1. The Kier molecular flexibility index (Phi) is 3.94. The molecule has 90 valence electrons. The van der Waals surface area contributed by atoms with Crippen LogP contribution < -0.4 is 0 Å². The van der Waals surface area contributed by atoms with E-state index in [-0.39, 0.29) is 11.9 Å². The van der Waals surface area contributed by atoms with Crippen LogP contribution in [-0.4, -0.2) is 36.6 Å². The molecule has 0 radical (unpaired) electrons. The van der Waals surface area contributed by atoms with Crippen molar-refractivity contribution < 1.29 is 9.53 Å². The van der Waals surface area contributed by atoms with Crippen LogP contribution in [0, 0.1) is 0 Å². The van der Waals surface area contributed by atoms with Crippen molar-refractivity contribution in [1.29, 1.82) is 0 Å². The minimum atomic E-state index is -0.00534. The maximum absolute atomic E-state index is 11.7. The minimum Gasteiger partial charge on any atom is -0.377 e. The molecule has 1 aromatic rings. The summed E-state index contributed by atoms with van der Waals surface area (Å²) in [5, 5.41) is 0. The van der Waals surface area contributed by atoms with Gasteiger partial charge in [0.05, 0.1) is 19.3 Å². The van der Waals surface area contributed by atoms with Crippen molar-refractivity contribution in [2.75, 3.05) is 19.8 Å². The molecular weight excluding hydrogens is 214 g/mol. The predicted octanol–water partition coefficient (Wildman–Crippen LogP) is 1.64. The van der Waals surface area contributed by atoms with Crippen molar-refractivity contribution in [3.8, 4) is 0 Å². The molecule has 0 bridgehead atoms. The van der Waals surface area contributed by atoms with E-state index in [1.807, 2.05) is 23.1 Å². The number of nitrogens with zero attached hydrogens (tertiary/aromatic N) is 1. The Morgan fingerprint density at radius 3 is 2.94 bits per heavy atom. The molecule has 1 amide bonds. The van der Waals surface area contributed by atoms with Gasteiger partial charge in [0.1, 0.15) is 0 Å². The second-order valence-electron chi connectivity index (χ2n) is 4.15. The number of ether oxygens (including phenoxy) is 1. The van der Waals surface area contributed by atoms with Crippen LogP contribution in [0.4, 0.5) is 0 Å². The smallest absolute Gasteiger partial charge is 0.246 e. The molecule has 0 aliphatic carbocycles. The van der Waals surface area contributed by atoms with Crippen LogP contribution in [0.2, 0.25) is 0 Å². The Hall–Kier alpha value is -1.61. The number of morpholine rings is 1. The third kappa shape index (κ3) is 2.94. The summed E-state index contributed by atoms with van der Waals surface area (Å²) in [6.07, 6.45) is 2.21. The van der Waals surface area contributed by atoms with Crippen molar-refractivity contribution in [2.24, 2.45) is 0 Å². The highest BCUT2D eigenvalue weighted by molar-refractivity contribution is 5.87. The highest BCUT2D eigenvalue weighted by Crippen LogP contribution is 2.13. The molecule has 1 fully saturated rings. The van der Waals surface area contributed by atoms with Crippen molar-refractivity contribution in [3.05, 3.63) is 48.6 Å². The summed E-state index contributed by atoms with van der Waals surface area (Å²) < 4.78 is 5.45. The monoisotopic (exact) mass is 231 g/mol. The molecule has 0 spiro atoms. The van der Waals surface area contributed by atoms with Gasteiger partial charge in [0.25, 0.3) is 0 Å². The van der Waals surface area contributed by atoms with E-state index in [0.29, 0.717) is 19.8 Å². The van der Waals surface area contributed by atoms with Gasteiger partial charge in [-0.3, -0.25) is 4.79 Å². The average Bonchev–Trinajstić information content (AvgIpc) is 2.40. The van der Waals surface area contributed by atoms with E-state index in [2.05, 4.69) is 18.7 Å². The zero-order valence-electron chi connectivity index (χ0n) is 9.84. The Bertz CT molecular complexity index is 388. The third-order valence-electron chi connectivity index (χ3n) is 3.00. The maximum atomic E-state index is 11.7. The fourth-order valence-corrected chi connectivity index (χ4v) is 2.12. The van der Waals surface area contributed by atoms with Crippen LogP contribution in [0.15, 0.2) is 43.0 Å². The second kappa shape index (κ2) is 5.64. The van der Waals surface area contributed by atoms with Gasteiger partial charge in [-0.05, 0) is 18.1 Å². The van der Waals surface area contributed by atoms with Crippen molar-refractivity contribution in [1.82, 2.24) is 4.90 Å². The first-order valence-electron chi connectivity index (χ1n) is 5.86. The average molecular weight is 231 g/mol. The number of carbonyl (C=O) groups excluding carboxylic acids is 1. The van der Waals surface area contributed by atoms with E-state index in [1.165, 1.54) is 11.6 Å². The van der Waals surface area contributed by atoms with E-state index in [0.717, 1.165) is 6.42 Å². The quantitative estimate of drug-likeness (QED) is 0.740. The van der Waals surface area contributed by atoms with E-state index in [1.54, 1.807) is 0 Å². The van der Waals surface area contributed by atoms with Gasteiger partial charge in [-0.1, -0.05) is 36.9 Å². The zero-order chi connectivity index (χ0) is 12.1. The maximum Gasteiger partial charge on any atom is 0.246 e. The topological polar surface area (TPSA) is 29.5 Å². The summed E-state index contributed by atoms with van der Waals surface area (Å²) in [7, 11) is 0. The molecule has 1 atom stereocenters. The van der Waals surface area contributed by atoms with Crippen LogP contribution >= 0.6 is 0 Å². The fraction of sp³-hybridized carbons (Fsp3) is 0.357. The van der Waals surface area contributed by atoms with Crippen LogP contribution in [-0.2, 0) is 16.0 Å². The molecule has 3 heteroatoms. The lowest BCUT2D eigenvalue weighted by Gasteiger charge is -2.35. The van der Waals surface area contributed by atoms with Gasteiger partial charge in [-0.25, -0.2) is 0 Å². The number of hydrogen-bond donors (Lipinski definition) is 0. The number of hydrogen-bond acceptors (Lipinski definition) is 2. The van der Waals surface area contributed by atoms with Crippen molar-refractivity contribution >= 4 is 5.91 Å². The molecule has 1 saturated heterocycles. The molecule has 0 saturated carbocycles. The molecule has 1 aliphatic heterocycles. The van der Waals surface area contributed by atoms with E-state index in [9.17, 15) is 4.79 Å². The molecule has 1 unspecified atom stereocenters. The number of carbonyl (C=O) groups is 1. The third-order valence-corrected chi connectivity index (χ3v) is 3.00. The number of amides is 1. The van der Waals surface area contributed by atoms with Gasteiger partial charge in [0, 0.05) is 6.54 Å². The zero-order valence-corrected chi connectivity index (χ0v) is 9.84. The number of rotatable bonds is 3. The highest BCUT2D eigenvalue weighted by atomic mass is 16.5. The van der Waals surface area contributed by atoms with Crippen LogP contribution in [0.25, 0.3) is 0 Å². The highest BCUT2D eigenvalue weighted by Gasteiger charge is 2.25. The Balaban J connectivity index is 2.06. The lowest BCUT2D eigenvalue weighted by molar-refractivity contribution is -0.134. The Morgan fingerprint density at radius 2 is 2.24 bits per heavy atom. The predicted molar refractivity (Wildman–Crippen MR) is 66.7 cm³/mol. The van der Waals surface area contributed by atoms with Gasteiger partial charge < -0.3 is 9.64 Å². The summed E-state index contributed by atoms with van der Waals surface area (Å²) in [5.41, 5.74) is 1.23. The molecule has 2 rings (SSSR count). The first kappa shape index (κ1) is 11.9. The van der Waals surface area contributed by atoms with Crippen LogP contribution in [0.1, 0.15) is 5.56 Å². The van der Waals surface area contributed by atoms with Gasteiger partial charge in [-0.15, -0.1) is 0 Å². The van der Waals surface area contributed by atoms with E-state index < -0.39 is 0 Å². The first-order chi connectivity index (χ1) is 8.31. The minimum absolute atomic E-state index is 0.00534. The molecular formula is C14H17NO2. The summed E-state index contributed by atoms with van der Waals surface area (Å²) >= 11 is 0. The standard InChI is InChI=1S/C14H17NO2/c1-2-14(16)15-8-9-17-11-13(15)10-12-6-4-3-5-7-12/h2-7,13H,1,8-11H2. The summed E-state index contributed by atoms with van der Waals surface area (Å²) in [6.45, 7) is 5.42. The lowest BCUT2D eigenvalue weighted by atomic mass is 10.0. The van der Waals surface area contributed by atoms with Gasteiger partial charge in [0.15, 0.2) is 0 Å². The molecule has 1 aromatic carbocycles. The molecule has 1 aliphatic rings. The molecule has 0 aromatic heterocycles. The van der Waals surface area contributed by atoms with Crippen LogP contribution in [0.5, 0.6) is 0 Å². The van der Waals surface area contributed by atoms with Crippen molar-refractivity contribution in [2.45, 2.75) is 12.5 Å². The van der Waals surface area contributed by atoms with Crippen molar-refractivity contribution in [3.63, 3.8) is 0 Å². The molecule has 0 N–H and O–H groups in total. The van der Waals surface area contributed by atoms with Gasteiger partial charge >= 0.3 is 0 Å². The van der Waals surface area contributed by atoms with Gasteiger partial charge in [-0.2, -0.15) is 0 Å². The molecule has 17 heavy (non-hydrogen) atoms. The van der Waals surface area contributed by atoms with E-state index >= 15 is 0 Å².